The molecule has 0 aliphatic heterocycles. The molecule has 0 N–H and O–H groups in total. The van der Waals surface area contributed by atoms with Gasteiger partial charge >= 0.3 is 0 Å². The first kappa shape index (κ1) is 19.5. The fourth-order valence-electron chi connectivity index (χ4n) is 2.21. The number of rotatable bonds is 6. The Kier molecular flexibility index (Phi) is 6.05. The summed E-state index contributed by atoms with van der Waals surface area (Å²) in [5, 5.41) is 0. The van der Waals surface area contributed by atoms with Crippen molar-refractivity contribution < 1.29 is 22.3 Å². The number of Topliss-reactive ketones (excluding diaryl/α,β-unsaturated/α-hetero) is 1. The van der Waals surface area contributed by atoms with Crippen molar-refractivity contribution in [2.45, 2.75) is 11.8 Å². The van der Waals surface area contributed by atoms with Crippen molar-refractivity contribution in [3.8, 4) is 5.75 Å². The fraction of sp³-hybridized carbons (Fsp3) is 0.158. The molecule has 2 aromatic rings. The van der Waals surface area contributed by atoms with Gasteiger partial charge in [-0.2, -0.15) is 0 Å². The Balaban J connectivity index is 2.54. The summed E-state index contributed by atoms with van der Waals surface area (Å²) in [6.45, 7) is 1.34. The van der Waals surface area contributed by atoms with Crippen LogP contribution in [0.4, 0.5) is 4.39 Å². The summed E-state index contributed by atoms with van der Waals surface area (Å²) >= 11 is 0. The number of ether oxygens (including phenoxy) is 1. The molecule has 2 aromatic carbocycles. The summed E-state index contributed by atoms with van der Waals surface area (Å²) in [4.78, 5) is 16.2. The molecule has 0 aliphatic carbocycles. The van der Waals surface area contributed by atoms with Gasteiger partial charge in [0.15, 0.2) is 21.4 Å². The highest BCUT2D eigenvalue weighted by Gasteiger charge is 2.16. The summed E-state index contributed by atoms with van der Waals surface area (Å²) in [5.74, 6) is -0.450. The molecule has 0 fully saturated rings. The molecule has 0 aliphatic rings. The standard InChI is InChI=1S/C19H18FNO4S/c1-13(22)19(25-16-8-6-15(20)7-9-16)18(12-21-2)14-4-10-17(11-5-14)26(3,23)24/h4-12H,1-3H3/b19-18-,21-12?. The number of halogens is 1. The molecule has 5 nitrogen and oxygen atoms in total. The smallest absolute Gasteiger partial charge is 0.195 e. The van der Waals surface area contributed by atoms with Crippen LogP contribution in [0.15, 0.2) is 64.2 Å². The van der Waals surface area contributed by atoms with Gasteiger partial charge in [-0.3, -0.25) is 9.79 Å². The highest BCUT2D eigenvalue weighted by atomic mass is 32.2. The van der Waals surface area contributed by atoms with E-state index in [0.717, 1.165) is 6.26 Å². The molecule has 136 valence electrons. The van der Waals surface area contributed by atoms with Crippen molar-refractivity contribution in [2.24, 2.45) is 4.99 Å². The molecule has 0 aromatic heterocycles. The van der Waals surface area contributed by atoms with Crippen molar-refractivity contribution in [1.82, 2.24) is 0 Å². The number of benzene rings is 2. The molecular formula is C19H18FNO4S. The van der Waals surface area contributed by atoms with Crippen molar-refractivity contribution in [3.05, 3.63) is 65.7 Å². The Morgan fingerprint density at radius 3 is 2.12 bits per heavy atom. The van der Waals surface area contributed by atoms with Gasteiger partial charge in [-0.25, -0.2) is 12.8 Å². The Labute approximate surface area is 151 Å². The summed E-state index contributed by atoms with van der Waals surface area (Å²) in [6.07, 6.45) is 2.57. The van der Waals surface area contributed by atoms with E-state index in [1.165, 1.54) is 49.5 Å². The topological polar surface area (TPSA) is 72.8 Å². The van der Waals surface area contributed by atoms with Crippen LogP contribution in [0.2, 0.25) is 0 Å². The van der Waals surface area contributed by atoms with Crippen molar-refractivity contribution in [2.75, 3.05) is 13.3 Å². The average molecular weight is 375 g/mol. The second kappa shape index (κ2) is 8.05. The molecular weight excluding hydrogens is 357 g/mol. The van der Waals surface area contributed by atoms with Gasteiger partial charge in [0.2, 0.25) is 0 Å². The zero-order chi connectivity index (χ0) is 19.3. The lowest BCUT2D eigenvalue weighted by atomic mass is 10.0. The minimum atomic E-state index is -3.33. The van der Waals surface area contributed by atoms with Gasteiger partial charge in [0, 0.05) is 32.0 Å². The second-order valence-electron chi connectivity index (χ2n) is 5.54. The van der Waals surface area contributed by atoms with Gasteiger partial charge in [-0.15, -0.1) is 0 Å². The van der Waals surface area contributed by atoms with E-state index in [9.17, 15) is 17.6 Å². The third kappa shape index (κ3) is 4.86. The van der Waals surface area contributed by atoms with E-state index < -0.39 is 15.7 Å². The number of allylic oxidation sites excluding steroid dienone is 2. The summed E-state index contributed by atoms with van der Waals surface area (Å²) in [5.41, 5.74) is 0.958. The van der Waals surface area contributed by atoms with Crippen molar-refractivity contribution in [3.63, 3.8) is 0 Å². The van der Waals surface area contributed by atoms with Crippen LogP contribution in [0.25, 0.3) is 5.57 Å². The van der Waals surface area contributed by atoms with E-state index in [2.05, 4.69) is 4.99 Å². The molecule has 0 unspecified atom stereocenters. The summed E-state index contributed by atoms with van der Waals surface area (Å²) in [7, 11) is -1.79. The van der Waals surface area contributed by atoms with Gasteiger partial charge in [0.05, 0.1) is 4.90 Å². The maximum atomic E-state index is 13.1. The minimum Gasteiger partial charge on any atom is -0.453 e. The van der Waals surface area contributed by atoms with Gasteiger partial charge in [0.25, 0.3) is 0 Å². The van der Waals surface area contributed by atoms with Crippen LogP contribution in [-0.4, -0.2) is 33.7 Å². The molecule has 0 heterocycles. The molecule has 2 rings (SSSR count). The molecule has 0 bridgehead atoms. The molecule has 0 spiro atoms. The first-order chi connectivity index (χ1) is 12.2. The largest absolute Gasteiger partial charge is 0.453 e. The van der Waals surface area contributed by atoms with Gasteiger partial charge in [-0.1, -0.05) is 12.1 Å². The molecule has 26 heavy (non-hydrogen) atoms. The predicted octanol–water partition coefficient (Wildman–Crippen LogP) is 3.31. The van der Waals surface area contributed by atoms with Crippen LogP contribution in [0.3, 0.4) is 0 Å². The molecule has 0 saturated heterocycles. The lowest BCUT2D eigenvalue weighted by Gasteiger charge is -2.12. The number of hydrogen-bond donors (Lipinski definition) is 0. The molecule has 7 heteroatoms. The highest BCUT2D eigenvalue weighted by molar-refractivity contribution is 7.90. The maximum Gasteiger partial charge on any atom is 0.195 e. The molecule has 0 saturated carbocycles. The normalized spacial score (nSPS) is 12.8. The van der Waals surface area contributed by atoms with Crippen LogP contribution in [0.1, 0.15) is 12.5 Å². The van der Waals surface area contributed by atoms with Crippen LogP contribution in [0.5, 0.6) is 5.75 Å². The quantitative estimate of drug-likeness (QED) is 0.441. The van der Waals surface area contributed by atoms with Gasteiger partial charge < -0.3 is 4.74 Å². The van der Waals surface area contributed by atoms with E-state index in [4.69, 9.17) is 4.74 Å². The lowest BCUT2D eigenvalue weighted by Crippen LogP contribution is -2.10. The van der Waals surface area contributed by atoms with Crippen molar-refractivity contribution >= 4 is 27.4 Å². The average Bonchev–Trinajstić information content (AvgIpc) is 2.59. The zero-order valence-corrected chi connectivity index (χ0v) is 15.4. The van der Waals surface area contributed by atoms with Gasteiger partial charge in [0.1, 0.15) is 11.6 Å². The lowest BCUT2D eigenvalue weighted by molar-refractivity contribution is -0.115. The number of carbonyl (C=O) groups is 1. The Bertz CT molecular complexity index is 960. The van der Waals surface area contributed by atoms with Crippen LogP contribution in [0, 0.1) is 5.82 Å². The van der Waals surface area contributed by atoms with Crippen LogP contribution >= 0.6 is 0 Å². The van der Waals surface area contributed by atoms with Crippen molar-refractivity contribution in [1.29, 1.82) is 0 Å². The highest BCUT2D eigenvalue weighted by Crippen LogP contribution is 2.23. The van der Waals surface area contributed by atoms with E-state index >= 15 is 0 Å². The first-order valence-electron chi connectivity index (χ1n) is 7.63. The van der Waals surface area contributed by atoms with E-state index in [1.807, 2.05) is 0 Å². The van der Waals surface area contributed by atoms with Crippen LogP contribution in [-0.2, 0) is 14.6 Å². The molecule has 0 atom stereocenters. The number of hydrogen-bond acceptors (Lipinski definition) is 5. The summed E-state index contributed by atoms with van der Waals surface area (Å²) in [6, 6.07) is 11.3. The minimum absolute atomic E-state index is 0.0225. The number of sulfone groups is 1. The molecule has 0 amide bonds. The SMILES string of the molecule is CN=C/C(=C(/Oc1ccc(F)cc1)C(C)=O)c1ccc(S(C)(=O)=O)cc1. The van der Waals surface area contributed by atoms with E-state index in [-0.39, 0.29) is 16.4 Å². The molecule has 0 radical (unpaired) electrons. The number of nitrogens with zero attached hydrogens (tertiary/aromatic N) is 1. The Hall–Kier alpha value is -2.80. The Morgan fingerprint density at radius 1 is 1.08 bits per heavy atom. The third-order valence-electron chi connectivity index (χ3n) is 3.45. The second-order valence-corrected chi connectivity index (χ2v) is 7.55. The van der Waals surface area contributed by atoms with E-state index in [1.54, 1.807) is 19.2 Å². The fourth-order valence-corrected chi connectivity index (χ4v) is 2.84. The first-order valence-corrected chi connectivity index (χ1v) is 9.53. The number of carbonyl (C=O) groups excluding carboxylic acids is 1. The Morgan fingerprint density at radius 2 is 1.65 bits per heavy atom. The monoisotopic (exact) mass is 375 g/mol. The predicted molar refractivity (Wildman–Crippen MR) is 98.6 cm³/mol. The number of ketones is 1. The third-order valence-corrected chi connectivity index (χ3v) is 4.58. The zero-order valence-electron chi connectivity index (χ0n) is 14.6. The van der Waals surface area contributed by atoms with Gasteiger partial charge in [-0.05, 0) is 42.0 Å². The summed E-state index contributed by atoms with van der Waals surface area (Å²) < 4.78 is 41.9. The van der Waals surface area contributed by atoms with Crippen LogP contribution < -0.4 is 4.74 Å². The number of aliphatic imine (C=N–C) groups is 1. The maximum absolute atomic E-state index is 13.1. The van der Waals surface area contributed by atoms with E-state index in [0.29, 0.717) is 16.9 Å².